The van der Waals surface area contributed by atoms with Crippen molar-refractivity contribution in [1.29, 1.82) is 0 Å². The number of hydrogen-bond donors (Lipinski definition) is 1. The van der Waals surface area contributed by atoms with Crippen LogP contribution < -0.4 is 0 Å². The average Bonchev–Trinajstić information content (AvgIpc) is 3.12. The molecule has 4 heteroatoms. The minimum absolute atomic E-state index is 0.00341. The summed E-state index contributed by atoms with van der Waals surface area (Å²) in [5.74, 6) is 0.117. The van der Waals surface area contributed by atoms with Gasteiger partial charge in [0.1, 0.15) is 12.1 Å². The molecular formula is C25H36O4. The van der Waals surface area contributed by atoms with Gasteiger partial charge < -0.3 is 9.84 Å². The van der Waals surface area contributed by atoms with Gasteiger partial charge in [0.2, 0.25) is 0 Å². The van der Waals surface area contributed by atoms with Crippen LogP contribution in [0.3, 0.4) is 0 Å². The van der Waals surface area contributed by atoms with Crippen LogP contribution >= 0.6 is 0 Å². The second-order valence-corrected chi connectivity index (χ2v) is 11.0. The normalized spacial score (nSPS) is 49.2. The first-order valence-electron chi connectivity index (χ1n) is 11.3. The zero-order valence-electron chi connectivity index (χ0n) is 18.5. The molecule has 4 aliphatic rings. The van der Waals surface area contributed by atoms with Crippen LogP contribution in [0.5, 0.6) is 0 Å². The topological polar surface area (TPSA) is 63.6 Å². The number of aliphatic hydroxyl groups is 1. The molecule has 1 aliphatic heterocycles. The Kier molecular flexibility index (Phi) is 4.98. The highest BCUT2D eigenvalue weighted by molar-refractivity contribution is 5.94. The third-order valence-corrected chi connectivity index (χ3v) is 8.68. The lowest BCUT2D eigenvalue weighted by Gasteiger charge is -2.45. The van der Waals surface area contributed by atoms with E-state index in [1.54, 1.807) is 6.92 Å². The summed E-state index contributed by atoms with van der Waals surface area (Å²) in [6, 6.07) is 0. The minimum atomic E-state index is -1.04. The Morgan fingerprint density at radius 3 is 2.66 bits per heavy atom. The van der Waals surface area contributed by atoms with Gasteiger partial charge in [-0.05, 0) is 75.7 Å². The maximum absolute atomic E-state index is 12.7. The molecule has 0 amide bonds. The summed E-state index contributed by atoms with van der Waals surface area (Å²) in [4.78, 5) is 24.6. The lowest BCUT2D eigenvalue weighted by Crippen LogP contribution is -2.46. The molecule has 0 bridgehead atoms. The maximum Gasteiger partial charge on any atom is 0.146 e. The number of rotatable bonds is 2. The first-order chi connectivity index (χ1) is 13.5. The smallest absolute Gasteiger partial charge is 0.146 e. The number of Topliss-reactive ketones (excluding diaryl/α,β-unsaturated/α-hetero) is 1. The van der Waals surface area contributed by atoms with Gasteiger partial charge in [0.15, 0.2) is 0 Å². The van der Waals surface area contributed by atoms with Crippen LogP contribution in [0.4, 0.5) is 0 Å². The minimum Gasteiger partial charge on any atom is -0.389 e. The van der Waals surface area contributed by atoms with Crippen LogP contribution in [-0.2, 0) is 14.3 Å². The molecule has 0 aromatic rings. The molecule has 8 atom stereocenters. The first kappa shape index (κ1) is 21.0. The van der Waals surface area contributed by atoms with E-state index in [1.165, 1.54) is 5.57 Å². The van der Waals surface area contributed by atoms with E-state index in [0.717, 1.165) is 38.4 Å². The summed E-state index contributed by atoms with van der Waals surface area (Å²) in [5.41, 5.74) is 0.628. The monoisotopic (exact) mass is 400 g/mol. The summed E-state index contributed by atoms with van der Waals surface area (Å²) in [6.45, 7) is 10.7. The molecule has 0 unspecified atom stereocenters. The number of aldehydes is 1. The molecule has 1 saturated heterocycles. The number of ketones is 1. The van der Waals surface area contributed by atoms with Gasteiger partial charge >= 0.3 is 0 Å². The number of carbonyl (C=O) groups excluding carboxylic acids is 2. The largest absolute Gasteiger partial charge is 0.389 e. The van der Waals surface area contributed by atoms with E-state index in [4.69, 9.17) is 4.74 Å². The van der Waals surface area contributed by atoms with Crippen molar-refractivity contribution in [3.63, 3.8) is 0 Å². The summed E-state index contributed by atoms with van der Waals surface area (Å²) in [5, 5.41) is 11.1. The summed E-state index contributed by atoms with van der Waals surface area (Å²) in [6.07, 6.45) is 10.0. The second kappa shape index (κ2) is 6.88. The van der Waals surface area contributed by atoms with Crippen LogP contribution in [-0.4, -0.2) is 34.5 Å². The standard InChI is InChI=1S/C25H36O4/c1-15(2)10-18-11-16(3)25(29-18)9-8-23(4)12-19-22(20(27)13-24(19,5)28)17(14-26)6-7-21(23)25/h6,10,14,16,18-19,21-22,28H,7-9,11-13H2,1-5H3/t16-,18-,19-,21+,22-,23+,24+,25-/m0/s1. The molecule has 160 valence electrons. The molecular weight excluding hydrogens is 364 g/mol. The first-order valence-corrected chi connectivity index (χ1v) is 11.3. The SMILES string of the molecule is CC(C)=C[C@H]1C[C@H](C)[C@]2(CC[C@]3(C)C[C@H]4[C@@H](C(=O)C[C@@]4(C)O)C(C=O)=CC[C@H]32)O1. The summed E-state index contributed by atoms with van der Waals surface area (Å²) >= 11 is 0. The van der Waals surface area contributed by atoms with Gasteiger partial charge in [-0.3, -0.25) is 9.59 Å². The zero-order valence-corrected chi connectivity index (χ0v) is 18.5. The Morgan fingerprint density at radius 2 is 2.00 bits per heavy atom. The fraction of sp³-hybridized carbons (Fsp3) is 0.760. The number of fused-ring (bicyclic) bond motifs is 3. The van der Waals surface area contributed by atoms with Crippen molar-refractivity contribution in [3.05, 3.63) is 23.3 Å². The van der Waals surface area contributed by atoms with E-state index < -0.39 is 11.5 Å². The fourth-order valence-electron chi connectivity index (χ4n) is 7.28. The molecule has 0 aromatic heterocycles. The highest BCUT2D eigenvalue weighted by Crippen LogP contribution is 2.64. The Hall–Kier alpha value is -1.26. The molecule has 3 aliphatic carbocycles. The van der Waals surface area contributed by atoms with Crippen molar-refractivity contribution in [2.45, 2.75) is 90.4 Å². The lowest BCUT2D eigenvalue weighted by molar-refractivity contribution is -0.122. The highest BCUT2D eigenvalue weighted by Gasteiger charge is 2.63. The van der Waals surface area contributed by atoms with Gasteiger partial charge in [0.05, 0.1) is 23.2 Å². The average molecular weight is 401 g/mol. The number of hydrogen-bond acceptors (Lipinski definition) is 4. The van der Waals surface area contributed by atoms with Crippen LogP contribution in [0.2, 0.25) is 0 Å². The third kappa shape index (κ3) is 3.18. The van der Waals surface area contributed by atoms with Crippen molar-refractivity contribution in [3.8, 4) is 0 Å². The van der Waals surface area contributed by atoms with Gasteiger partial charge in [-0.25, -0.2) is 0 Å². The van der Waals surface area contributed by atoms with Gasteiger partial charge in [-0.2, -0.15) is 0 Å². The second-order valence-electron chi connectivity index (χ2n) is 11.0. The summed E-state index contributed by atoms with van der Waals surface area (Å²) in [7, 11) is 0. The van der Waals surface area contributed by atoms with E-state index in [9.17, 15) is 14.7 Å². The molecule has 2 saturated carbocycles. The van der Waals surface area contributed by atoms with Crippen LogP contribution in [0.15, 0.2) is 23.3 Å². The summed E-state index contributed by atoms with van der Waals surface area (Å²) < 4.78 is 6.79. The van der Waals surface area contributed by atoms with E-state index in [-0.39, 0.29) is 35.2 Å². The molecule has 3 fully saturated rings. The highest BCUT2D eigenvalue weighted by atomic mass is 16.5. The molecule has 1 spiro atoms. The Labute approximate surface area is 174 Å². The van der Waals surface area contributed by atoms with Crippen LogP contribution in [0.1, 0.15) is 73.1 Å². The Balaban J connectivity index is 1.74. The van der Waals surface area contributed by atoms with Crippen molar-refractivity contribution < 1.29 is 19.4 Å². The number of allylic oxidation sites excluding steroid dienone is 3. The number of carbonyl (C=O) groups is 2. The van der Waals surface area contributed by atoms with Gasteiger partial charge in [0.25, 0.3) is 0 Å². The fourth-order valence-corrected chi connectivity index (χ4v) is 7.28. The Bertz CT molecular complexity index is 774. The molecule has 29 heavy (non-hydrogen) atoms. The molecule has 0 aromatic carbocycles. The predicted octanol–water partition coefficient (Wildman–Crippen LogP) is 4.41. The van der Waals surface area contributed by atoms with Crippen LogP contribution in [0.25, 0.3) is 0 Å². The van der Waals surface area contributed by atoms with Crippen molar-refractivity contribution >= 4 is 12.1 Å². The third-order valence-electron chi connectivity index (χ3n) is 8.68. The van der Waals surface area contributed by atoms with E-state index >= 15 is 0 Å². The molecule has 0 radical (unpaired) electrons. The quantitative estimate of drug-likeness (QED) is 0.551. The number of ether oxygens (including phenoxy) is 1. The van der Waals surface area contributed by atoms with E-state index in [1.807, 2.05) is 6.08 Å². The zero-order chi connectivity index (χ0) is 21.2. The Morgan fingerprint density at radius 1 is 1.28 bits per heavy atom. The van der Waals surface area contributed by atoms with E-state index in [0.29, 0.717) is 17.4 Å². The lowest BCUT2D eigenvalue weighted by atomic mass is 9.62. The van der Waals surface area contributed by atoms with Gasteiger partial charge in [-0.1, -0.05) is 31.6 Å². The van der Waals surface area contributed by atoms with Crippen LogP contribution in [0, 0.1) is 29.1 Å². The van der Waals surface area contributed by atoms with Crippen molar-refractivity contribution in [2.24, 2.45) is 29.1 Å². The predicted molar refractivity (Wildman–Crippen MR) is 112 cm³/mol. The van der Waals surface area contributed by atoms with E-state index in [2.05, 4.69) is 33.8 Å². The molecule has 1 N–H and O–H groups in total. The van der Waals surface area contributed by atoms with Gasteiger partial charge in [0, 0.05) is 12.3 Å². The molecule has 1 heterocycles. The molecule has 4 nitrogen and oxygen atoms in total. The van der Waals surface area contributed by atoms with Crippen molar-refractivity contribution in [2.75, 3.05) is 0 Å². The molecule has 4 rings (SSSR count). The van der Waals surface area contributed by atoms with Crippen molar-refractivity contribution in [1.82, 2.24) is 0 Å². The van der Waals surface area contributed by atoms with Gasteiger partial charge in [-0.15, -0.1) is 0 Å². The maximum atomic E-state index is 12.7.